The lowest BCUT2D eigenvalue weighted by Crippen LogP contribution is -2.60. The molecule has 0 bridgehead atoms. The normalized spacial score (nSPS) is 24.7. The smallest absolute Gasteiger partial charge is 0.335 e. The molecule has 1 aliphatic heterocycles. The maximum absolute atomic E-state index is 13.7. The molecule has 0 radical (unpaired) electrons. The van der Waals surface area contributed by atoms with Crippen molar-refractivity contribution >= 4 is 5.97 Å². The number of benzene rings is 2. The quantitative estimate of drug-likeness (QED) is 0.321. The zero-order valence-electron chi connectivity index (χ0n) is 19.4. The Morgan fingerprint density at radius 2 is 1.84 bits per heavy atom. The van der Waals surface area contributed by atoms with Gasteiger partial charge in [0.15, 0.2) is 23.6 Å². The summed E-state index contributed by atoms with van der Waals surface area (Å²) in [7, 11) is 0. The molecule has 2 aromatic carbocycles. The van der Waals surface area contributed by atoms with Crippen LogP contribution in [0.15, 0.2) is 42.6 Å². The number of carbonyl (C=O) groups is 1. The predicted molar refractivity (Wildman–Crippen MR) is 120 cm³/mol. The molecule has 1 aliphatic rings. The zero-order valence-corrected chi connectivity index (χ0v) is 19.4. The van der Waals surface area contributed by atoms with Crippen LogP contribution in [0.5, 0.6) is 0 Å². The van der Waals surface area contributed by atoms with Gasteiger partial charge >= 0.3 is 5.97 Å². The third-order valence-corrected chi connectivity index (χ3v) is 6.25. The Bertz CT molecular complexity index is 1250. The van der Waals surface area contributed by atoms with Crippen molar-refractivity contribution in [1.82, 2.24) is 15.0 Å². The van der Waals surface area contributed by atoms with Gasteiger partial charge in [-0.1, -0.05) is 29.5 Å². The van der Waals surface area contributed by atoms with Crippen LogP contribution in [0.2, 0.25) is 0 Å². The van der Waals surface area contributed by atoms with Gasteiger partial charge in [-0.15, -0.1) is 5.10 Å². The molecule has 6 atom stereocenters. The summed E-state index contributed by atoms with van der Waals surface area (Å²) < 4.78 is 52.8. The third kappa shape index (κ3) is 5.36. The first-order valence-electron chi connectivity index (χ1n) is 11.2. The minimum absolute atomic E-state index is 0.119. The number of hydrogen-bond acceptors (Lipinski definition) is 8. The minimum Gasteiger partial charge on any atom is -0.479 e. The highest BCUT2D eigenvalue weighted by molar-refractivity contribution is 5.73. The Hall–Kier alpha value is -3.36. The largest absolute Gasteiger partial charge is 0.479 e. The first-order chi connectivity index (χ1) is 17.6. The highest BCUT2D eigenvalue weighted by atomic mass is 19.2. The van der Waals surface area contributed by atoms with Crippen LogP contribution in [0.3, 0.4) is 0 Å². The van der Waals surface area contributed by atoms with Gasteiger partial charge in [-0.2, -0.15) is 0 Å². The molecular weight excluding hydrogens is 499 g/mol. The Kier molecular flexibility index (Phi) is 7.90. The Balaban J connectivity index is 1.63. The molecule has 13 heteroatoms. The second-order valence-corrected chi connectivity index (χ2v) is 8.63. The average Bonchev–Trinajstić information content (AvgIpc) is 3.34. The van der Waals surface area contributed by atoms with E-state index in [-0.39, 0.29) is 17.9 Å². The van der Waals surface area contributed by atoms with E-state index >= 15 is 0 Å². The number of carboxylic acid groups (broad SMARTS) is 1. The average molecular weight is 523 g/mol. The van der Waals surface area contributed by atoms with E-state index in [2.05, 4.69) is 10.3 Å². The molecule has 2 unspecified atom stereocenters. The van der Waals surface area contributed by atoms with Crippen molar-refractivity contribution in [2.75, 3.05) is 6.61 Å². The van der Waals surface area contributed by atoms with Gasteiger partial charge in [-0.05, 0) is 30.2 Å². The van der Waals surface area contributed by atoms with Gasteiger partial charge in [0.05, 0.1) is 19.4 Å². The second kappa shape index (κ2) is 10.9. The fraction of sp³-hybridized carbons (Fsp3) is 0.375. The van der Waals surface area contributed by atoms with Crippen LogP contribution < -0.4 is 0 Å². The van der Waals surface area contributed by atoms with Crippen molar-refractivity contribution in [3.05, 3.63) is 71.2 Å². The number of rotatable bonds is 8. The van der Waals surface area contributed by atoms with Gasteiger partial charge in [0.1, 0.15) is 36.2 Å². The molecule has 4 rings (SSSR count). The Morgan fingerprint density at radius 1 is 1.16 bits per heavy atom. The number of aliphatic carboxylic acids is 1. The van der Waals surface area contributed by atoms with E-state index in [0.29, 0.717) is 17.7 Å². The van der Waals surface area contributed by atoms with E-state index in [0.717, 1.165) is 16.4 Å². The topological polar surface area (TPSA) is 147 Å². The van der Waals surface area contributed by atoms with Crippen molar-refractivity contribution in [1.29, 1.82) is 0 Å². The van der Waals surface area contributed by atoms with Crippen LogP contribution >= 0.6 is 0 Å². The summed E-state index contributed by atoms with van der Waals surface area (Å²) in [5, 5.41) is 49.0. The number of ether oxygens (including phenoxy) is 2. The summed E-state index contributed by atoms with van der Waals surface area (Å²) in [6, 6.07) is 7.12. The fourth-order valence-corrected chi connectivity index (χ4v) is 4.21. The lowest BCUT2D eigenvalue weighted by molar-refractivity contribution is -0.238. The van der Waals surface area contributed by atoms with Gasteiger partial charge in [-0.25, -0.2) is 22.6 Å². The van der Waals surface area contributed by atoms with Crippen LogP contribution in [0.4, 0.5) is 13.2 Å². The summed E-state index contributed by atoms with van der Waals surface area (Å²) in [5.74, 6) is -6.02. The molecule has 10 nitrogen and oxygen atoms in total. The van der Waals surface area contributed by atoms with Crippen molar-refractivity contribution < 1.29 is 47.9 Å². The molecule has 3 aromatic rings. The maximum atomic E-state index is 13.7. The molecule has 1 fully saturated rings. The van der Waals surface area contributed by atoms with Gasteiger partial charge in [0.2, 0.25) is 0 Å². The summed E-state index contributed by atoms with van der Waals surface area (Å²) in [6.07, 6.45) is -6.78. The number of aryl methyl sites for hydroxylation is 1. The molecule has 0 amide bonds. The SMILES string of the molecule is Cc1ccccc1CO[C@H](C(=O)O)[C@@H]1OC(CO)[C@H](O)[C@H](n2cc(-c3cc(F)c(F)c(F)c3)nn2)C1O. The number of carboxylic acids is 1. The van der Waals surface area contributed by atoms with Crippen molar-refractivity contribution in [3.63, 3.8) is 0 Å². The van der Waals surface area contributed by atoms with E-state index in [1.807, 2.05) is 13.0 Å². The van der Waals surface area contributed by atoms with Crippen molar-refractivity contribution in [3.8, 4) is 11.3 Å². The standard InChI is InChI=1S/C24H24F3N3O7/c1-11-4-2-3-5-12(11)10-36-23(24(34)35)22-21(33)19(20(32)17(9-31)37-22)30-8-16(28-29-30)13-6-14(25)18(27)15(26)7-13/h2-8,17,19-23,31-33H,9-10H2,1H3,(H,34,35)/t17?,19-,20-,21?,22+,23-/m0/s1. The number of aliphatic hydroxyl groups is 3. The molecule has 198 valence electrons. The van der Waals surface area contributed by atoms with E-state index in [1.54, 1.807) is 18.2 Å². The summed E-state index contributed by atoms with van der Waals surface area (Å²) in [6.45, 7) is 0.957. The van der Waals surface area contributed by atoms with Crippen LogP contribution in [0.1, 0.15) is 17.2 Å². The van der Waals surface area contributed by atoms with Crippen molar-refractivity contribution in [2.24, 2.45) is 0 Å². The molecule has 1 saturated heterocycles. The van der Waals surface area contributed by atoms with E-state index < -0.39 is 66.6 Å². The van der Waals surface area contributed by atoms with Crippen LogP contribution in [-0.2, 0) is 20.9 Å². The van der Waals surface area contributed by atoms with E-state index in [9.17, 15) is 38.4 Å². The van der Waals surface area contributed by atoms with Gasteiger partial charge in [0.25, 0.3) is 0 Å². The molecule has 37 heavy (non-hydrogen) atoms. The monoisotopic (exact) mass is 523 g/mol. The molecule has 0 spiro atoms. The number of aliphatic hydroxyl groups excluding tert-OH is 3. The lowest BCUT2D eigenvalue weighted by atomic mass is 9.90. The molecule has 2 heterocycles. The number of aromatic nitrogens is 3. The molecule has 4 N–H and O–H groups in total. The zero-order chi connectivity index (χ0) is 26.9. The third-order valence-electron chi connectivity index (χ3n) is 6.25. The lowest BCUT2D eigenvalue weighted by Gasteiger charge is -2.43. The summed E-state index contributed by atoms with van der Waals surface area (Å²) in [4.78, 5) is 12.1. The van der Waals surface area contributed by atoms with Crippen LogP contribution in [-0.4, -0.2) is 78.5 Å². The first kappa shape index (κ1) is 26.7. The molecule has 0 aliphatic carbocycles. The molecule has 0 saturated carbocycles. The highest BCUT2D eigenvalue weighted by Crippen LogP contribution is 2.33. The number of nitrogens with zero attached hydrogens (tertiary/aromatic N) is 3. The Labute approximate surface area is 208 Å². The van der Waals surface area contributed by atoms with Crippen LogP contribution in [0.25, 0.3) is 11.3 Å². The predicted octanol–water partition coefficient (Wildman–Crippen LogP) is 1.36. The Morgan fingerprint density at radius 3 is 2.46 bits per heavy atom. The second-order valence-electron chi connectivity index (χ2n) is 8.63. The summed E-state index contributed by atoms with van der Waals surface area (Å²) >= 11 is 0. The maximum Gasteiger partial charge on any atom is 0.335 e. The number of hydrogen-bond donors (Lipinski definition) is 4. The van der Waals surface area contributed by atoms with Gasteiger partial charge < -0.3 is 29.9 Å². The molecular formula is C24H24F3N3O7. The van der Waals surface area contributed by atoms with E-state index in [4.69, 9.17) is 9.47 Å². The molecule has 1 aromatic heterocycles. The van der Waals surface area contributed by atoms with Gasteiger partial charge in [0, 0.05) is 5.56 Å². The van der Waals surface area contributed by atoms with Crippen molar-refractivity contribution in [2.45, 2.75) is 50.1 Å². The summed E-state index contributed by atoms with van der Waals surface area (Å²) in [5.41, 5.74) is 1.27. The highest BCUT2D eigenvalue weighted by Gasteiger charge is 2.50. The fourth-order valence-electron chi connectivity index (χ4n) is 4.21. The minimum atomic E-state index is -1.73. The van der Waals surface area contributed by atoms with Crippen LogP contribution in [0, 0.1) is 24.4 Å². The van der Waals surface area contributed by atoms with Gasteiger partial charge in [-0.3, -0.25) is 0 Å². The van der Waals surface area contributed by atoms with E-state index in [1.165, 1.54) is 0 Å². The first-order valence-corrected chi connectivity index (χ1v) is 11.2. The number of halogens is 3.